The molecule has 1 rings (SSSR count). The van der Waals surface area contributed by atoms with E-state index in [2.05, 4.69) is 55.1 Å². The summed E-state index contributed by atoms with van der Waals surface area (Å²) in [4.78, 5) is 0. The molecule has 0 aromatic carbocycles. The molecular weight excluding hydrogens is 222 g/mol. The van der Waals surface area contributed by atoms with Gasteiger partial charge in [-0.2, -0.15) is 5.10 Å². The van der Waals surface area contributed by atoms with Crippen LogP contribution in [0.1, 0.15) is 65.1 Å². The van der Waals surface area contributed by atoms with Gasteiger partial charge >= 0.3 is 0 Å². The standard InChI is InChI=1S/C15H29N3/c1-5-8-14(16-10-6-2)12-15-9-11-18(17-15)13(4)7-3/h9,11,13-14,16H,5-8,10,12H2,1-4H3. The van der Waals surface area contributed by atoms with Gasteiger partial charge in [0.1, 0.15) is 0 Å². The smallest absolute Gasteiger partial charge is 0.0640 e. The van der Waals surface area contributed by atoms with E-state index >= 15 is 0 Å². The summed E-state index contributed by atoms with van der Waals surface area (Å²) in [7, 11) is 0. The van der Waals surface area contributed by atoms with Crippen LogP contribution in [0.5, 0.6) is 0 Å². The second-order valence-corrected chi connectivity index (χ2v) is 5.19. The third-order valence-corrected chi connectivity index (χ3v) is 3.48. The first kappa shape index (κ1) is 15.2. The van der Waals surface area contributed by atoms with Crippen molar-refractivity contribution < 1.29 is 0 Å². The third kappa shape index (κ3) is 4.81. The van der Waals surface area contributed by atoms with Gasteiger partial charge < -0.3 is 5.32 Å². The van der Waals surface area contributed by atoms with E-state index in [0.717, 1.165) is 19.4 Å². The van der Waals surface area contributed by atoms with Crippen molar-refractivity contribution in [1.82, 2.24) is 15.1 Å². The van der Waals surface area contributed by atoms with Gasteiger partial charge in [0.05, 0.1) is 5.69 Å². The minimum atomic E-state index is 0.506. The molecule has 1 heterocycles. The monoisotopic (exact) mass is 251 g/mol. The number of nitrogens with one attached hydrogen (secondary N) is 1. The van der Waals surface area contributed by atoms with Crippen LogP contribution in [0.3, 0.4) is 0 Å². The molecule has 0 aliphatic heterocycles. The van der Waals surface area contributed by atoms with Crippen molar-refractivity contribution in [3.63, 3.8) is 0 Å². The molecule has 2 unspecified atom stereocenters. The lowest BCUT2D eigenvalue weighted by Gasteiger charge is -2.16. The molecule has 0 saturated heterocycles. The number of hydrogen-bond acceptors (Lipinski definition) is 2. The summed E-state index contributed by atoms with van der Waals surface area (Å²) >= 11 is 0. The quantitative estimate of drug-likeness (QED) is 0.727. The molecule has 0 spiro atoms. The number of rotatable bonds is 9. The molecule has 2 atom stereocenters. The van der Waals surface area contributed by atoms with Crippen molar-refractivity contribution in [3.05, 3.63) is 18.0 Å². The first-order valence-corrected chi connectivity index (χ1v) is 7.48. The molecule has 0 radical (unpaired) electrons. The maximum absolute atomic E-state index is 4.69. The molecule has 0 saturated carbocycles. The summed E-state index contributed by atoms with van der Waals surface area (Å²) in [5.41, 5.74) is 1.22. The van der Waals surface area contributed by atoms with Crippen LogP contribution in [-0.4, -0.2) is 22.4 Å². The predicted octanol–water partition coefficient (Wildman–Crippen LogP) is 3.56. The van der Waals surface area contributed by atoms with E-state index in [9.17, 15) is 0 Å². The van der Waals surface area contributed by atoms with Crippen LogP contribution in [-0.2, 0) is 6.42 Å². The highest BCUT2D eigenvalue weighted by Gasteiger charge is 2.11. The molecule has 0 aliphatic rings. The van der Waals surface area contributed by atoms with E-state index in [0.29, 0.717) is 12.1 Å². The zero-order chi connectivity index (χ0) is 13.4. The number of hydrogen-bond donors (Lipinski definition) is 1. The Bertz CT molecular complexity index is 319. The molecule has 3 heteroatoms. The molecule has 0 fully saturated rings. The maximum atomic E-state index is 4.69. The van der Waals surface area contributed by atoms with Gasteiger partial charge in [0.15, 0.2) is 0 Å². The first-order chi connectivity index (χ1) is 8.71. The van der Waals surface area contributed by atoms with Crippen LogP contribution in [0.2, 0.25) is 0 Å². The van der Waals surface area contributed by atoms with Crippen molar-refractivity contribution in [1.29, 1.82) is 0 Å². The van der Waals surface area contributed by atoms with Crippen molar-refractivity contribution in [2.45, 2.75) is 71.9 Å². The van der Waals surface area contributed by atoms with Crippen molar-refractivity contribution in [2.24, 2.45) is 0 Å². The zero-order valence-electron chi connectivity index (χ0n) is 12.4. The highest BCUT2D eigenvalue weighted by Crippen LogP contribution is 2.11. The summed E-state index contributed by atoms with van der Waals surface area (Å²) in [6, 6.07) is 3.25. The fourth-order valence-electron chi connectivity index (χ4n) is 2.14. The number of nitrogens with zero attached hydrogens (tertiary/aromatic N) is 2. The van der Waals surface area contributed by atoms with Crippen LogP contribution in [0.4, 0.5) is 0 Å². The summed E-state index contributed by atoms with van der Waals surface area (Å²) < 4.78 is 2.10. The van der Waals surface area contributed by atoms with E-state index in [1.165, 1.54) is 25.0 Å². The predicted molar refractivity (Wildman–Crippen MR) is 77.9 cm³/mol. The minimum Gasteiger partial charge on any atom is -0.314 e. The second-order valence-electron chi connectivity index (χ2n) is 5.19. The van der Waals surface area contributed by atoms with Gasteiger partial charge in [-0.25, -0.2) is 0 Å². The summed E-state index contributed by atoms with van der Waals surface area (Å²) in [5.74, 6) is 0. The molecule has 18 heavy (non-hydrogen) atoms. The van der Waals surface area contributed by atoms with Gasteiger partial charge in [0.25, 0.3) is 0 Å². The van der Waals surface area contributed by atoms with Crippen molar-refractivity contribution in [3.8, 4) is 0 Å². The normalized spacial score (nSPS) is 14.7. The Morgan fingerprint density at radius 3 is 2.67 bits per heavy atom. The lowest BCUT2D eigenvalue weighted by molar-refractivity contribution is 0.450. The Balaban J connectivity index is 2.54. The Hall–Kier alpha value is -0.830. The maximum Gasteiger partial charge on any atom is 0.0640 e. The Morgan fingerprint density at radius 1 is 1.28 bits per heavy atom. The Kier molecular flexibility index (Phi) is 7.02. The minimum absolute atomic E-state index is 0.506. The molecular formula is C15H29N3. The average Bonchev–Trinajstić information content (AvgIpc) is 2.83. The van der Waals surface area contributed by atoms with Crippen molar-refractivity contribution in [2.75, 3.05) is 6.54 Å². The SMILES string of the molecule is CCCNC(CCC)Cc1ccn(C(C)CC)n1. The van der Waals surface area contributed by atoms with Gasteiger partial charge in [-0.1, -0.05) is 27.2 Å². The second kappa shape index (κ2) is 8.30. The molecule has 1 N–H and O–H groups in total. The molecule has 1 aromatic rings. The third-order valence-electron chi connectivity index (χ3n) is 3.48. The van der Waals surface area contributed by atoms with E-state index in [-0.39, 0.29) is 0 Å². The highest BCUT2D eigenvalue weighted by atomic mass is 15.3. The topological polar surface area (TPSA) is 29.9 Å². The lowest BCUT2D eigenvalue weighted by atomic mass is 10.1. The van der Waals surface area contributed by atoms with Gasteiger partial charge in [0, 0.05) is 24.7 Å². The van der Waals surface area contributed by atoms with Gasteiger partial charge in [0.2, 0.25) is 0 Å². The fraction of sp³-hybridized carbons (Fsp3) is 0.800. The van der Waals surface area contributed by atoms with Crippen LogP contribution in [0, 0.1) is 0 Å². The summed E-state index contributed by atoms with van der Waals surface area (Å²) in [5, 5.41) is 8.31. The lowest BCUT2D eigenvalue weighted by Crippen LogP contribution is -2.31. The fourth-order valence-corrected chi connectivity index (χ4v) is 2.14. The van der Waals surface area contributed by atoms with Crippen LogP contribution >= 0.6 is 0 Å². The van der Waals surface area contributed by atoms with E-state index < -0.39 is 0 Å². The molecule has 0 aliphatic carbocycles. The highest BCUT2D eigenvalue weighted by molar-refractivity contribution is 5.02. The first-order valence-electron chi connectivity index (χ1n) is 7.48. The van der Waals surface area contributed by atoms with Crippen LogP contribution in [0.15, 0.2) is 12.3 Å². The van der Waals surface area contributed by atoms with Gasteiger partial charge in [-0.3, -0.25) is 4.68 Å². The van der Waals surface area contributed by atoms with E-state index in [4.69, 9.17) is 0 Å². The Labute approximate surface area is 112 Å². The summed E-state index contributed by atoms with van der Waals surface area (Å²) in [6.07, 6.45) is 7.96. The molecule has 0 bridgehead atoms. The Morgan fingerprint density at radius 2 is 2.06 bits per heavy atom. The van der Waals surface area contributed by atoms with Crippen LogP contribution in [0.25, 0.3) is 0 Å². The van der Waals surface area contributed by atoms with E-state index in [1.807, 2.05) is 0 Å². The largest absolute Gasteiger partial charge is 0.314 e. The molecule has 0 amide bonds. The van der Waals surface area contributed by atoms with E-state index in [1.54, 1.807) is 0 Å². The molecule has 1 aromatic heterocycles. The zero-order valence-corrected chi connectivity index (χ0v) is 12.4. The summed E-state index contributed by atoms with van der Waals surface area (Å²) in [6.45, 7) is 9.99. The average molecular weight is 251 g/mol. The molecule has 104 valence electrons. The molecule has 3 nitrogen and oxygen atoms in total. The van der Waals surface area contributed by atoms with Crippen molar-refractivity contribution >= 4 is 0 Å². The van der Waals surface area contributed by atoms with Gasteiger partial charge in [-0.05, 0) is 38.8 Å². The number of aromatic nitrogens is 2. The van der Waals surface area contributed by atoms with Gasteiger partial charge in [-0.15, -0.1) is 0 Å². The van der Waals surface area contributed by atoms with Crippen LogP contribution < -0.4 is 5.32 Å².